The van der Waals surface area contributed by atoms with E-state index in [4.69, 9.17) is 5.11 Å². The summed E-state index contributed by atoms with van der Waals surface area (Å²) in [5, 5.41) is 13.4. The second-order valence-electron chi connectivity index (χ2n) is 5.19. The summed E-state index contributed by atoms with van der Waals surface area (Å²) >= 11 is 0. The van der Waals surface area contributed by atoms with Crippen LogP contribution in [0, 0.1) is 13.8 Å². The quantitative estimate of drug-likeness (QED) is 0.799. The Balaban J connectivity index is 1.90. The van der Waals surface area contributed by atoms with E-state index in [2.05, 4.69) is 59.9 Å². The van der Waals surface area contributed by atoms with Gasteiger partial charge in [-0.15, -0.1) is 0 Å². The molecule has 0 aliphatic carbocycles. The lowest BCUT2D eigenvalue weighted by Gasteiger charge is -2.09. The Labute approximate surface area is 124 Å². The maximum Gasteiger partial charge on any atom is 0.0923 e. The molecule has 0 unspecified atom stereocenters. The van der Waals surface area contributed by atoms with E-state index in [-0.39, 0.29) is 6.61 Å². The molecule has 2 aromatic heterocycles. The van der Waals surface area contributed by atoms with Gasteiger partial charge in [0.1, 0.15) is 0 Å². The number of aliphatic hydroxyl groups is 1. The van der Waals surface area contributed by atoms with Crippen LogP contribution in [0.5, 0.6) is 0 Å². The summed E-state index contributed by atoms with van der Waals surface area (Å²) in [6.45, 7) is 4.85. The van der Waals surface area contributed by atoms with Gasteiger partial charge in [0.25, 0.3) is 0 Å². The summed E-state index contributed by atoms with van der Waals surface area (Å²) in [5.74, 6) is 0. The number of hydrogen-bond donors (Lipinski definition) is 1. The zero-order chi connectivity index (χ0) is 14.8. The van der Waals surface area contributed by atoms with Gasteiger partial charge in [0, 0.05) is 28.8 Å². The third-order valence-corrected chi connectivity index (χ3v) is 3.66. The van der Waals surface area contributed by atoms with Crippen LogP contribution in [0.15, 0.2) is 48.7 Å². The fourth-order valence-electron chi connectivity index (χ4n) is 2.60. The molecule has 108 valence electrons. The molecule has 0 bridgehead atoms. The maximum atomic E-state index is 8.93. The van der Waals surface area contributed by atoms with Gasteiger partial charge in [0.15, 0.2) is 0 Å². The number of aryl methyl sites for hydroxylation is 2. The molecule has 3 rings (SSSR count). The molecule has 21 heavy (non-hydrogen) atoms. The van der Waals surface area contributed by atoms with Gasteiger partial charge in [0.2, 0.25) is 0 Å². The second kappa shape index (κ2) is 5.58. The summed E-state index contributed by atoms with van der Waals surface area (Å²) in [6, 6.07) is 14.6. The van der Waals surface area contributed by atoms with E-state index >= 15 is 0 Å². The summed E-state index contributed by atoms with van der Waals surface area (Å²) in [7, 11) is 0. The van der Waals surface area contributed by atoms with Crippen LogP contribution in [0.3, 0.4) is 0 Å². The van der Waals surface area contributed by atoms with Crippen molar-refractivity contribution in [3.63, 3.8) is 0 Å². The van der Waals surface area contributed by atoms with Crippen LogP contribution in [0.4, 0.5) is 0 Å². The van der Waals surface area contributed by atoms with Gasteiger partial charge in [0.05, 0.1) is 18.8 Å². The maximum absolute atomic E-state index is 8.93. The number of nitrogens with zero attached hydrogens (tertiary/aromatic N) is 3. The highest BCUT2D eigenvalue weighted by molar-refractivity contribution is 5.60. The van der Waals surface area contributed by atoms with Crippen molar-refractivity contribution < 1.29 is 5.11 Å². The van der Waals surface area contributed by atoms with Crippen LogP contribution in [0.25, 0.3) is 16.9 Å². The van der Waals surface area contributed by atoms with Crippen LogP contribution >= 0.6 is 0 Å². The van der Waals surface area contributed by atoms with Crippen molar-refractivity contribution in [1.29, 1.82) is 0 Å². The Morgan fingerprint density at radius 2 is 1.62 bits per heavy atom. The van der Waals surface area contributed by atoms with Crippen molar-refractivity contribution in [2.24, 2.45) is 0 Å². The van der Waals surface area contributed by atoms with Crippen molar-refractivity contribution in [2.45, 2.75) is 20.4 Å². The lowest BCUT2D eigenvalue weighted by Crippen LogP contribution is -2.02. The van der Waals surface area contributed by atoms with Crippen LogP contribution < -0.4 is 0 Å². The molecule has 2 heterocycles. The molecule has 0 aliphatic rings. The minimum atomic E-state index is 0.103. The Morgan fingerprint density at radius 1 is 0.952 bits per heavy atom. The monoisotopic (exact) mass is 281 g/mol. The Morgan fingerprint density at radius 3 is 2.24 bits per heavy atom. The number of hydrogen-bond acceptors (Lipinski definition) is 2. The molecule has 4 nitrogen and oxygen atoms in total. The van der Waals surface area contributed by atoms with Crippen molar-refractivity contribution >= 4 is 0 Å². The van der Waals surface area contributed by atoms with Crippen LogP contribution in [-0.4, -0.2) is 26.1 Å². The topological polar surface area (TPSA) is 43.0 Å². The molecule has 3 aromatic rings. The molecular weight excluding hydrogens is 262 g/mol. The highest BCUT2D eigenvalue weighted by atomic mass is 16.3. The number of aliphatic hydroxyl groups excluding tert-OH is 1. The van der Waals surface area contributed by atoms with Gasteiger partial charge in [-0.3, -0.25) is 4.68 Å². The van der Waals surface area contributed by atoms with Crippen LogP contribution in [0.2, 0.25) is 0 Å². The lowest BCUT2D eigenvalue weighted by atomic mass is 10.1. The molecule has 0 fully saturated rings. The molecule has 0 radical (unpaired) electrons. The van der Waals surface area contributed by atoms with E-state index < -0.39 is 0 Å². The molecule has 1 aromatic carbocycles. The molecule has 1 N–H and O–H groups in total. The van der Waals surface area contributed by atoms with E-state index in [1.54, 1.807) is 4.68 Å². The summed E-state index contributed by atoms with van der Waals surface area (Å²) < 4.78 is 3.98. The fourth-order valence-corrected chi connectivity index (χ4v) is 2.60. The van der Waals surface area contributed by atoms with Gasteiger partial charge < -0.3 is 9.67 Å². The fraction of sp³-hybridized carbons (Fsp3) is 0.235. The van der Waals surface area contributed by atoms with E-state index in [0.717, 1.165) is 16.9 Å². The van der Waals surface area contributed by atoms with Gasteiger partial charge in [-0.25, -0.2) is 0 Å². The zero-order valence-electron chi connectivity index (χ0n) is 12.3. The summed E-state index contributed by atoms with van der Waals surface area (Å²) in [5.41, 5.74) is 5.63. The first-order chi connectivity index (χ1) is 10.2. The average molecular weight is 281 g/mol. The zero-order valence-corrected chi connectivity index (χ0v) is 12.3. The Hall–Kier alpha value is -2.33. The van der Waals surface area contributed by atoms with Gasteiger partial charge in [-0.1, -0.05) is 12.1 Å². The average Bonchev–Trinajstić information content (AvgIpc) is 3.07. The number of rotatable bonds is 4. The third-order valence-electron chi connectivity index (χ3n) is 3.66. The van der Waals surface area contributed by atoms with E-state index in [9.17, 15) is 0 Å². The Bertz CT molecular complexity index is 718. The molecule has 0 amide bonds. The third kappa shape index (κ3) is 2.62. The molecular formula is C17H19N3O. The Kier molecular flexibility index (Phi) is 3.62. The number of aromatic nitrogens is 3. The number of benzene rings is 1. The lowest BCUT2D eigenvalue weighted by molar-refractivity contribution is 0.269. The summed E-state index contributed by atoms with van der Waals surface area (Å²) in [6.07, 6.45) is 1.89. The standard InChI is InChI=1S/C17H19N3O/c1-13-3-4-14(2)20(13)16-7-5-15(6-8-16)17-9-10-19(18-17)11-12-21/h3-10,21H,11-12H2,1-2H3. The molecule has 0 atom stereocenters. The largest absolute Gasteiger partial charge is 0.394 e. The molecule has 4 heteroatoms. The normalized spacial score (nSPS) is 11.0. The van der Waals surface area contributed by atoms with Crippen molar-refractivity contribution in [3.05, 3.63) is 60.0 Å². The highest BCUT2D eigenvalue weighted by Crippen LogP contribution is 2.21. The second-order valence-corrected chi connectivity index (χ2v) is 5.19. The molecule has 0 saturated heterocycles. The van der Waals surface area contributed by atoms with Gasteiger partial charge in [-0.2, -0.15) is 5.10 Å². The first-order valence-corrected chi connectivity index (χ1v) is 7.09. The van der Waals surface area contributed by atoms with Crippen molar-refractivity contribution in [1.82, 2.24) is 14.3 Å². The van der Waals surface area contributed by atoms with Gasteiger partial charge >= 0.3 is 0 Å². The first-order valence-electron chi connectivity index (χ1n) is 7.09. The highest BCUT2D eigenvalue weighted by Gasteiger charge is 2.06. The predicted octanol–water partition coefficient (Wildman–Crippen LogP) is 2.95. The van der Waals surface area contributed by atoms with E-state index in [1.165, 1.54) is 11.4 Å². The molecule has 0 spiro atoms. The van der Waals surface area contributed by atoms with Crippen LogP contribution in [0.1, 0.15) is 11.4 Å². The van der Waals surface area contributed by atoms with E-state index in [0.29, 0.717) is 6.54 Å². The smallest absolute Gasteiger partial charge is 0.0923 e. The SMILES string of the molecule is Cc1ccc(C)n1-c1ccc(-c2ccn(CCO)n2)cc1. The molecule has 0 saturated carbocycles. The summed E-state index contributed by atoms with van der Waals surface area (Å²) in [4.78, 5) is 0. The van der Waals surface area contributed by atoms with Crippen molar-refractivity contribution in [3.8, 4) is 16.9 Å². The predicted molar refractivity (Wildman–Crippen MR) is 83.5 cm³/mol. The van der Waals surface area contributed by atoms with Gasteiger partial charge in [-0.05, 0) is 44.2 Å². The minimum absolute atomic E-state index is 0.103. The van der Waals surface area contributed by atoms with Crippen LogP contribution in [-0.2, 0) is 6.54 Å². The molecule has 0 aliphatic heterocycles. The van der Waals surface area contributed by atoms with E-state index in [1.807, 2.05) is 12.3 Å². The minimum Gasteiger partial charge on any atom is -0.394 e. The van der Waals surface area contributed by atoms with Crippen molar-refractivity contribution in [2.75, 3.05) is 6.61 Å². The first kappa shape index (κ1) is 13.6.